The number of sulfonamides is 1. The second-order valence-electron chi connectivity index (χ2n) is 5.26. The highest BCUT2D eigenvalue weighted by Gasteiger charge is 2.26. The standard InChI is InChI=1S/C15H18FNO3S/c1-10(2)15(12-5-7-13(16)8-6-12)17-21(18,19)14-9-4-11(3)20-14/h4-10,15,17H,1-3H3/t15-/m0/s1. The summed E-state index contributed by atoms with van der Waals surface area (Å²) in [6.45, 7) is 5.47. The predicted molar refractivity (Wildman–Crippen MR) is 77.7 cm³/mol. The fourth-order valence-corrected chi connectivity index (χ4v) is 3.39. The molecule has 0 unspecified atom stereocenters. The van der Waals surface area contributed by atoms with Crippen molar-refractivity contribution in [2.75, 3.05) is 0 Å². The van der Waals surface area contributed by atoms with Crippen molar-refractivity contribution >= 4 is 10.0 Å². The number of rotatable bonds is 5. The van der Waals surface area contributed by atoms with Crippen molar-refractivity contribution in [3.8, 4) is 0 Å². The van der Waals surface area contributed by atoms with Gasteiger partial charge in [0.2, 0.25) is 5.09 Å². The normalized spacial score (nSPS) is 13.6. The molecule has 0 spiro atoms. The number of aryl methyl sites for hydroxylation is 1. The van der Waals surface area contributed by atoms with E-state index in [9.17, 15) is 12.8 Å². The lowest BCUT2D eigenvalue weighted by Gasteiger charge is -2.22. The maximum atomic E-state index is 13.0. The fraction of sp³-hybridized carbons (Fsp3) is 0.333. The van der Waals surface area contributed by atoms with E-state index < -0.39 is 16.1 Å². The molecule has 0 saturated carbocycles. The zero-order valence-corrected chi connectivity index (χ0v) is 12.9. The molecule has 114 valence electrons. The summed E-state index contributed by atoms with van der Waals surface area (Å²) in [7, 11) is -3.75. The van der Waals surface area contributed by atoms with Crippen LogP contribution < -0.4 is 4.72 Å². The summed E-state index contributed by atoms with van der Waals surface area (Å²) in [5.74, 6) is 0.172. The first-order valence-corrected chi connectivity index (χ1v) is 8.12. The van der Waals surface area contributed by atoms with E-state index in [4.69, 9.17) is 4.42 Å². The second kappa shape index (κ2) is 5.99. The average molecular weight is 311 g/mol. The number of furan rings is 1. The van der Waals surface area contributed by atoms with Crippen LogP contribution >= 0.6 is 0 Å². The molecule has 0 bridgehead atoms. The van der Waals surface area contributed by atoms with E-state index in [1.54, 1.807) is 25.1 Å². The maximum absolute atomic E-state index is 13.0. The van der Waals surface area contributed by atoms with Crippen LogP contribution in [0, 0.1) is 18.7 Å². The third-order valence-electron chi connectivity index (χ3n) is 3.16. The molecular weight excluding hydrogens is 293 g/mol. The molecule has 21 heavy (non-hydrogen) atoms. The molecule has 2 aromatic rings. The van der Waals surface area contributed by atoms with Gasteiger partial charge in [-0.2, -0.15) is 0 Å². The molecule has 0 radical (unpaired) electrons. The lowest BCUT2D eigenvalue weighted by atomic mass is 9.97. The Morgan fingerprint density at radius 2 is 1.71 bits per heavy atom. The van der Waals surface area contributed by atoms with Gasteiger partial charge in [-0.3, -0.25) is 0 Å². The molecule has 0 saturated heterocycles. The Kier molecular flexibility index (Phi) is 4.49. The van der Waals surface area contributed by atoms with Crippen molar-refractivity contribution in [2.24, 2.45) is 5.92 Å². The SMILES string of the molecule is Cc1ccc(S(=O)(=O)N[C@H](c2ccc(F)cc2)C(C)C)o1. The van der Waals surface area contributed by atoms with Gasteiger partial charge in [0.1, 0.15) is 11.6 Å². The van der Waals surface area contributed by atoms with Crippen LogP contribution in [0.15, 0.2) is 45.9 Å². The minimum absolute atomic E-state index is 0.00120. The molecule has 0 aliphatic carbocycles. The Hall–Kier alpha value is -1.66. The molecule has 1 aromatic heterocycles. The highest BCUT2D eigenvalue weighted by molar-refractivity contribution is 7.89. The Balaban J connectivity index is 2.30. The smallest absolute Gasteiger partial charge is 0.274 e. The van der Waals surface area contributed by atoms with Gasteiger partial charge in [0.25, 0.3) is 10.0 Å². The van der Waals surface area contributed by atoms with E-state index in [-0.39, 0.29) is 16.8 Å². The third kappa shape index (κ3) is 3.71. The van der Waals surface area contributed by atoms with Gasteiger partial charge < -0.3 is 4.42 Å². The first-order chi connectivity index (χ1) is 9.79. The number of hydrogen-bond acceptors (Lipinski definition) is 3. The average Bonchev–Trinajstić information content (AvgIpc) is 2.84. The molecule has 0 aliphatic heterocycles. The second-order valence-corrected chi connectivity index (χ2v) is 6.90. The summed E-state index contributed by atoms with van der Waals surface area (Å²) in [4.78, 5) is 0. The van der Waals surface area contributed by atoms with Gasteiger partial charge in [-0.25, -0.2) is 17.5 Å². The highest BCUT2D eigenvalue weighted by Crippen LogP contribution is 2.25. The summed E-state index contributed by atoms with van der Waals surface area (Å²) in [6, 6.07) is 8.34. The fourth-order valence-electron chi connectivity index (χ4n) is 2.04. The summed E-state index contributed by atoms with van der Waals surface area (Å²) in [5, 5.41) is -0.118. The van der Waals surface area contributed by atoms with Crippen molar-refractivity contribution in [1.29, 1.82) is 0 Å². The van der Waals surface area contributed by atoms with Crippen molar-refractivity contribution in [2.45, 2.75) is 31.9 Å². The van der Waals surface area contributed by atoms with Crippen LogP contribution in [0.2, 0.25) is 0 Å². The molecule has 1 N–H and O–H groups in total. The van der Waals surface area contributed by atoms with Gasteiger partial charge in [-0.15, -0.1) is 0 Å². The molecule has 4 nitrogen and oxygen atoms in total. The van der Waals surface area contributed by atoms with Crippen molar-refractivity contribution < 1.29 is 17.2 Å². The Morgan fingerprint density at radius 1 is 1.10 bits per heavy atom. The monoisotopic (exact) mass is 311 g/mol. The molecule has 0 fully saturated rings. The molecule has 2 rings (SSSR count). The summed E-state index contributed by atoms with van der Waals surface area (Å²) in [5.41, 5.74) is 0.707. The summed E-state index contributed by atoms with van der Waals surface area (Å²) in [6.07, 6.45) is 0. The van der Waals surface area contributed by atoms with Gasteiger partial charge in [0, 0.05) is 6.04 Å². The van der Waals surface area contributed by atoms with Gasteiger partial charge in [-0.05, 0) is 42.7 Å². The number of benzene rings is 1. The van der Waals surface area contributed by atoms with E-state index in [1.807, 2.05) is 13.8 Å². The molecule has 1 atom stereocenters. The molecular formula is C15H18FNO3S. The minimum Gasteiger partial charge on any atom is -0.449 e. The van der Waals surface area contributed by atoms with Crippen LogP contribution in [0.25, 0.3) is 0 Å². The Morgan fingerprint density at radius 3 is 2.19 bits per heavy atom. The molecule has 6 heteroatoms. The zero-order valence-electron chi connectivity index (χ0n) is 12.1. The van der Waals surface area contributed by atoms with Gasteiger partial charge in [-0.1, -0.05) is 26.0 Å². The van der Waals surface area contributed by atoms with Crippen LogP contribution in [0.3, 0.4) is 0 Å². The van der Waals surface area contributed by atoms with Crippen LogP contribution in [-0.4, -0.2) is 8.42 Å². The van der Waals surface area contributed by atoms with Crippen LogP contribution in [-0.2, 0) is 10.0 Å². The van der Waals surface area contributed by atoms with Crippen molar-refractivity contribution in [3.05, 3.63) is 53.5 Å². The number of halogens is 1. The van der Waals surface area contributed by atoms with Gasteiger partial charge in [0.05, 0.1) is 0 Å². The first-order valence-electron chi connectivity index (χ1n) is 6.64. The van der Waals surface area contributed by atoms with E-state index >= 15 is 0 Å². The Labute approximate surface area is 124 Å². The van der Waals surface area contributed by atoms with E-state index in [1.165, 1.54) is 18.2 Å². The topological polar surface area (TPSA) is 59.3 Å². The molecule has 1 aromatic carbocycles. The highest BCUT2D eigenvalue weighted by atomic mass is 32.2. The van der Waals surface area contributed by atoms with Gasteiger partial charge >= 0.3 is 0 Å². The van der Waals surface area contributed by atoms with Gasteiger partial charge in [0.15, 0.2) is 0 Å². The largest absolute Gasteiger partial charge is 0.449 e. The third-order valence-corrected chi connectivity index (χ3v) is 4.47. The Bertz CT molecular complexity index is 705. The lowest BCUT2D eigenvalue weighted by molar-refractivity contribution is 0.411. The maximum Gasteiger partial charge on any atom is 0.274 e. The predicted octanol–water partition coefficient (Wildman–Crippen LogP) is 3.40. The first kappa shape index (κ1) is 15.7. The number of hydrogen-bond donors (Lipinski definition) is 1. The van der Waals surface area contributed by atoms with Crippen molar-refractivity contribution in [1.82, 2.24) is 4.72 Å². The lowest BCUT2D eigenvalue weighted by Crippen LogP contribution is -2.31. The zero-order chi connectivity index (χ0) is 15.6. The van der Waals surface area contributed by atoms with Crippen LogP contribution in [0.1, 0.15) is 31.2 Å². The summed E-state index contributed by atoms with van der Waals surface area (Å²) < 4.78 is 45.4. The quantitative estimate of drug-likeness (QED) is 0.920. The van der Waals surface area contributed by atoms with E-state index in [2.05, 4.69) is 4.72 Å². The van der Waals surface area contributed by atoms with E-state index in [0.29, 0.717) is 11.3 Å². The molecule has 0 amide bonds. The minimum atomic E-state index is -3.75. The van der Waals surface area contributed by atoms with Crippen molar-refractivity contribution in [3.63, 3.8) is 0 Å². The molecule has 0 aliphatic rings. The molecule has 1 heterocycles. The van der Waals surface area contributed by atoms with Crippen LogP contribution in [0.4, 0.5) is 4.39 Å². The number of nitrogens with one attached hydrogen (secondary N) is 1. The van der Waals surface area contributed by atoms with E-state index in [0.717, 1.165) is 0 Å². The summed E-state index contributed by atoms with van der Waals surface area (Å²) >= 11 is 0. The van der Waals surface area contributed by atoms with Crippen LogP contribution in [0.5, 0.6) is 0 Å².